The van der Waals surface area contributed by atoms with Crippen LogP contribution in [0.4, 0.5) is 0 Å². The molecule has 2 N–H and O–H groups in total. The first-order valence-electron chi connectivity index (χ1n) is 5.01. The molecule has 4 nitrogen and oxygen atoms in total. The molecule has 2 rings (SSSR count). The second-order valence-electron chi connectivity index (χ2n) is 3.78. The van der Waals surface area contributed by atoms with E-state index in [1.54, 1.807) is 0 Å². The van der Waals surface area contributed by atoms with E-state index in [-0.39, 0.29) is 5.56 Å². The molecule has 0 unspecified atom stereocenters. The fraction of sp³-hybridized carbons (Fsp3) is 0.167. The van der Waals surface area contributed by atoms with Crippen LogP contribution in [0.5, 0.6) is 0 Å². The Labute approximate surface area is 92.0 Å². The predicted molar refractivity (Wildman–Crippen MR) is 61.7 cm³/mol. The summed E-state index contributed by atoms with van der Waals surface area (Å²) >= 11 is 0. The normalized spacial score (nSPS) is 10.3. The van der Waals surface area contributed by atoms with Crippen LogP contribution in [0.3, 0.4) is 0 Å². The maximum Gasteiger partial charge on any atom is 0.325 e. The van der Waals surface area contributed by atoms with Crippen molar-refractivity contribution in [3.05, 3.63) is 68.0 Å². The first kappa shape index (κ1) is 10.4. The van der Waals surface area contributed by atoms with Gasteiger partial charge < -0.3 is 4.98 Å². The molecular weight excluding hydrogens is 204 g/mol. The van der Waals surface area contributed by atoms with Gasteiger partial charge in [0.15, 0.2) is 0 Å². The molecule has 4 heteroatoms. The fourth-order valence-corrected chi connectivity index (χ4v) is 1.66. The average Bonchev–Trinajstić information content (AvgIpc) is 2.15. The van der Waals surface area contributed by atoms with Crippen molar-refractivity contribution in [2.75, 3.05) is 0 Å². The highest BCUT2D eigenvalue weighted by Gasteiger charge is 1.99. The maximum absolute atomic E-state index is 11.1. The van der Waals surface area contributed by atoms with Crippen LogP contribution in [-0.4, -0.2) is 9.97 Å². The summed E-state index contributed by atoms with van der Waals surface area (Å²) < 4.78 is 0. The van der Waals surface area contributed by atoms with Crippen LogP contribution in [0.25, 0.3) is 0 Å². The first-order valence-corrected chi connectivity index (χ1v) is 5.01. The Morgan fingerprint density at radius 1 is 1.12 bits per heavy atom. The van der Waals surface area contributed by atoms with Crippen molar-refractivity contribution in [1.82, 2.24) is 9.97 Å². The lowest BCUT2D eigenvalue weighted by atomic mass is 10.1. The maximum atomic E-state index is 11.1. The predicted octanol–water partition coefficient (Wildman–Crippen LogP) is 0.962. The van der Waals surface area contributed by atoms with Crippen LogP contribution in [-0.2, 0) is 6.42 Å². The van der Waals surface area contributed by atoms with Crippen molar-refractivity contribution in [3.63, 3.8) is 0 Å². The third-order valence-corrected chi connectivity index (χ3v) is 2.29. The lowest BCUT2D eigenvalue weighted by Gasteiger charge is -2.02. The highest BCUT2D eigenvalue weighted by molar-refractivity contribution is 5.25. The SMILES string of the molecule is Cc1cccc(Cc2cc(=O)[nH]c(=O)[nH]2)c1. The third kappa shape index (κ3) is 2.48. The van der Waals surface area contributed by atoms with E-state index >= 15 is 0 Å². The van der Waals surface area contributed by atoms with Gasteiger partial charge in [-0.25, -0.2) is 4.79 Å². The van der Waals surface area contributed by atoms with Crippen molar-refractivity contribution in [2.24, 2.45) is 0 Å². The molecule has 0 aliphatic carbocycles. The fourth-order valence-electron chi connectivity index (χ4n) is 1.66. The van der Waals surface area contributed by atoms with Gasteiger partial charge >= 0.3 is 5.69 Å². The van der Waals surface area contributed by atoms with Gasteiger partial charge in [0.2, 0.25) is 0 Å². The van der Waals surface area contributed by atoms with E-state index in [0.717, 1.165) is 11.1 Å². The van der Waals surface area contributed by atoms with Crippen LogP contribution in [0.2, 0.25) is 0 Å². The second kappa shape index (κ2) is 4.18. The Balaban J connectivity index is 2.34. The van der Waals surface area contributed by atoms with Gasteiger partial charge in [0, 0.05) is 18.2 Å². The number of nitrogens with one attached hydrogen (secondary N) is 2. The van der Waals surface area contributed by atoms with Crippen LogP contribution in [0.1, 0.15) is 16.8 Å². The Bertz CT molecular complexity index is 582. The zero-order valence-corrected chi connectivity index (χ0v) is 8.91. The summed E-state index contributed by atoms with van der Waals surface area (Å²) in [6.45, 7) is 2.00. The summed E-state index contributed by atoms with van der Waals surface area (Å²) in [5.74, 6) is 0. The number of hydrogen-bond acceptors (Lipinski definition) is 2. The molecule has 0 aliphatic rings. The third-order valence-electron chi connectivity index (χ3n) is 2.29. The molecule has 2 aromatic rings. The standard InChI is InChI=1S/C12H12N2O2/c1-8-3-2-4-9(5-8)6-10-7-11(15)14-12(16)13-10/h2-5,7H,6H2,1H3,(H2,13,14,15,16). The van der Waals surface area contributed by atoms with E-state index in [2.05, 4.69) is 9.97 Å². The minimum absolute atomic E-state index is 0.369. The topological polar surface area (TPSA) is 65.7 Å². The van der Waals surface area contributed by atoms with Gasteiger partial charge in [-0.3, -0.25) is 9.78 Å². The van der Waals surface area contributed by atoms with Gasteiger partial charge in [-0.1, -0.05) is 29.8 Å². The molecule has 1 aromatic heterocycles. The second-order valence-corrected chi connectivity index (χ2v) is 3.78. The number of benzene rings is 1. The summed E-state index contributed by atoms with van der Waals surface area (Å²) in [6.07, 6.45) is 0.556. The van der Waals surface area contributed by atoms with E-state index in [4.69, 9.17) is 0 Å². The minimum Gasteiger partial charge on any atom is -0.311 e. The Kier molecular flexibility index (Phi) is 2.72. The average molecular weight is 216 g/mol. The highest BCUT2D eigenvalue weighted by atomic mass is 16.2. The summed E-state index contributed by atoms with van der Waals surface area (Å²) in [4.78, 5) is 26.9. The Morgan fingerprint density at radius 3 is 2.62 bits per heavy atom. The Morgan fingerprint density at radius 2 is 1.94 bits per heavy atom. The lowest BCUT2D eigenvalue weighted by Crippen LogP contribution is -2.23. The Hall–Kier alpha value is -2.10. The molecule has 0 aliphatic heterocycles. The molecule has 0 saturated carbocycles. The number of hydrogen-bond donors (Lipinski definition) is 2. The number of rotatable bonds is 2. The van der Waals surface area contributed by atoms with Crippen molar-refractivity contribution in [1.29, 1.82) is 0 Å². The van der Waals surface area contributed by atoms with Gasteiger partial charge in [-0.05, 0) is 12.5 Å². The molecule has 16 heavy (non-hydrogen) atoms. The number of aryl methyl sites for hydroxylation is 1. The molecule has 0 atom stereocenters. The van der Waals surface area contributed by atoms with E-state index in [0.29, 0.717) is 12.1 Å². The lowest BCUT2D eigenvalue weighted by molar-refractivity contribution is 0.953. The number of aromatic nitrogens is 2. The molecule has 1 aromatic carbocycles. The first-order chi connectivity index (χ1) is 7.63. The van der Waals surface area contributed by atoms with E-state index in [1.807, 2.05) is 31.2 Å². The zero-order valence-electron chi connectivity index (χ0n) is 8.91. The molecule has 0 amide bonds. The van der Waals surface area contributed by atoms with Crippen LogP contribution < -0.4 is 11.2 Å². The van der Waals surface area contributed by atoms with Gasteiger partial charge in [-0.2, -0.15) is 0 Å². The molecule has 0 spiro atoms. The molecule has 82 valence electrons. The molecule has 0 fully saturated rings. The van der Waals surface area contributed by atoms with E-state index in [9.17, 15) is 9.59 Å². The zero-order chi connectivity index (χ0) is 11.5. The van der Waals surface area contributed by atoms with Crippen LogP contribution >= 0.6 is 0 Å². The van der Waals surface area contributed by atoms with Crippen molar-refractivity contribution >= 4 is 0 Å². The quantitative estimate of drug-likeness (QED) is 0.785. The monoisotopic (exact) mass is 216 g/mol. The summed E-state index contributed by atoms with van der Waals surface area (Å²) in [5, 5.41) is 0. The van der Waals surface area contributed by atoms with E-state index < -0.39 is 5.69 Å². The molecular formula is C12H12N2O2. The van der Waals surface area contributed by atoms with Gasteiger partial charge in [0.25, 0.3) is 5.56 Å². The summed E-state index contributed by atoms with van der Waals surface area (Å²) in [5.41, 5.74) is 2.02. The van der Waals surface area contributed by atoms with Crippen LogP contribution in [0.15, 0.2) is 39.9 Å². The van der Waals surface area contributed by atoms with E-state index in [1.165, 1.54) is 6.07 Å². The largest absolute Gasteiger partial charge is 0.325 e. The minimum atomic E-state index is -0.463. The smallest absolute Gasteiger partial charge is 0.311 e. The molecule has 0 radical (unpaired) electrons. The molecule has 0 bridgehead atoms. The summed E-state index contributed by atoms with van der Waals surface area (Å²) in [7, 11) is 0. The van der Waals surface area contributed by atoms with Crippen LogP contribution in [0, 0.1) is 6.92 Å². The van der Waals surface area contributed by atoms with Gasteiger partial charge in [0.05, 0.1) is 0 Å². The molecule has 1 heterocycles. The van der Waals surface area contributed by atoms with Crippen molar-refractivity contribution in [2.45, 2.75) is 13.3 Å². The van der Waals surface area contributed by atoms with Crippen molar-refractivity contribution < 1.29 is 0 Å². The highest BCUT2D eigenvalue weighted by Crippen LogP contribution is 2.07. The number of aromatic amines is 2. The van der Waals surface area contributed by atoms with Gasteiger partial charge in [-0.15, -0.1) is 0 Å². The van der Waals surface area contributed by atoms with Crippen molar-refractivity contribution in [3.8, 4) is 0 Å². The summed E-state index contributed by atoms with van der Waals surface area (Å²) in [6, 6.07) is 9.36. The van der Waals surface area contributed by atoms with Gasteiger partial charge in [0.1, 0.15) is 0 Å². The number of H-pyrrole nitrogens is 2. The molecule has 0 saturated heterocycles.